The van der Waals surface area contributed by atoms with Crippen LogP contribution in [-0.4, -0.2) is 130 Å². The van der Waals surface area contributed by atoms with E-state index < -0.39 is 119 Å². The second kappa shape index (κ2) is 12.3. The Hall–Kier alpha value is -4.24. The summed E-state index contributed by atoms with van der Waals surface area (Å²) in [6.07, 6.45) is -19.9. The summed E-state index contributed by atoms with van der Waals surface area (Å²) < 4.78 is 27.1. The number of carboxylic acid groups (broad SMARTS) is 1. The van der Waals surface area contributed by atoms with Crippen molar-refractivity contribution in [1.29, 1.82) is 0 Å². The van der Waals surface area contributed by atoms with Crippen molar-refractivity contribution in [2.45, 2.75) is 61.4 Å². The van der Waals surface area contributed by atoms with E-state index in [1.54, 1.807) is 0 Å². The fraction of sp³-hybridized carbons (Fsp3) is 0.407. The molecular weight excluding hydrogens is 612 g/mol. The molecule has 1 aromatic heterocycles. The first-order valence-corrected chi connectivity index (χ1v) is 13.2. The summed E-state index contributed by atoms with van der Waals surface area (Å²) in [5.41, 5.74) is -1.62. The summed E-state index contributed by atoms with van der Waals surface area (Å²) in [4.78, 5) is 25.8. The highest BCUT2D eigenvalue weighted by Crippen LogP contribution is 2.40. The van der Waals surface area contributed by atoms with Crippen molar-refractivity contribution < 1.29 is 84.3 Å². The quantitative estimate of drug-likeness (QED) is 0.118. The molecule has 0 radical (unpaired) electrons. The molecule has 2 aliphatic heterocycles. The molecule has 11 N–H and O–H groups in total. The third-order valence-corrected chi connectivity index (χ3v) is 7.32. The number of rotatable bonds is 7. The van der Waals surface area contributed by atoms with Crippen LogP contribution in [0.15, 0.2) is 39.5 Å². The molecule has 3 aromatic rings. The number of carboxylic acids is 1. The molecule has 2 saturated heterocycles. The van der Waals surface area contributed by atoms with Crippen molar-refractivity contribution >= 4 is 16.9 Å². The molecule has 0 aliphatic carbocycles. The van der Waals surface area contributed by atoms with Crippen molar-refractivity contribution in [2.24, 2.45) is 0 Å². The summed E-state index contributed by atoms with van der Waals surface area (Å²) in [6, 6.07) is 4.93. The highest BCUT2D eigenvalue weighted by atomic mass is 16.7. The lowest BCUT2D eigenvalue weighted by Crippen LogP contribution is -2.65. The first kappa shape index (κ1) is 32.2. The van der Waals surface area contributed by atoms with Crippen LogP contribution >= 0.6 is 0 Å². The standard InChI is InChI=1S/C27H28O18/c28-6-13-15(33)17(35)19(37)26(42-13)44-23-18(36)20(38)27(45-24(23)25(39)40)43-22-16(34)14-11(32)4-8(29)5-12(14)41-21(22)7-1-2-9(30)10(31)3-7/h1-5,13,15,17-20,23-24,26-33,35-38H,6H2,(H,39,40)/t13-,15-,17+,18-,19-,20-,23+,24+,26+,27-/m1/s1. The molecule has 0 spiro atoms. The van der Waals surface area contributed by atoms with Crippen molar-refractivity contribution in [1.82, 2.24) is 0 Å². The molecule has 2 aliphatic rings. The molecule has 244 valence electrons. The van der Waals surface area contributed by atoms with Crippen LogP contribution in [-0.2, 0) is 19.0 Å². The Kier molecular flexibility index (Phi) is 8.77. The highest BCUT2D eigenvalue weighted by Gasteiger charge is 2.53. The summed E-state index contributed by atoms with van der Waals surface area (Å²) in [6.45, 7) is -0.847. The number of aliphatic carboxylic acids is 1. The maximum atomic E-state index is 13.6. The minimum absolute atomic E-state index is 0.119. The van der Waals surface area contributed by atoms with Crippen LogP contribution in [0, 0.1) is 0 Å². The van der Waals surface area contributed by atoms with Crippen molar-refractivity contribution in [3.8, 4) is 40.1 Å². The molecule has 18 heteroatoms. The first-order valence-electron chi connectivity index (χ1n) is 13.2. The van der Waals surface area contributed by atoms with Gasteiger partial charge >= 0.3 is 5.97 Å². The van der Waals surface area contributed by atoms with E-state index in [-0.39, 0.29) is 11.1 Å². The molecule has 0 amide bonds. The van der Waals surface area contributed by atoms with Gasteiger partial charge in [0.2, 0.25) is 17.5 Å². The van der Waals surface area contributed by atoms with Gasteiger partial charge in [-0.1, -0.05) is 0 Å². The summed E-state index contributed by atoms with van der Waals surface area (Å²) in [7, 11) is 0. The van der Waals surface area contributed by atoms with Crippen molar-refractivity contribution in [3.63, 3.8) is 0 Å². The van der Waals surface area contributed by atoms with Gasteiger partial charge < -0.3 is 79.5 Å². The average Bonchev–Trinajstić information content (AvgIpc) is 2.98. The van der Waals surface area contributed by atoms with Gasteiger partial charge in [-0.15, -0.1) is 0 Å². The van der Waals surface area contributed by atoms with Gasteiger partial charge in [0.1, 0.15) is 65.2 Å². The molecule has 3 heterocycles. The zero-order chi connectivity index (χ0) is 32.9. The van der Waals surface area contributed by atoms with E-state index in [4.69, 9.17) is 23.4 Å². The van der Waals surface area contributed by atoms with Crippen LogP contribution in [0.25, 0.3) is 22.3 Å². The minimum Gasteiger partial charge on any atom is -0.508 e. The molecular formula is C27H28O18. The number of fused-ring (bicyclic) bond motifs is 1. The lowest BCUT2D eigenvalue weighted by molar-refractivity contribution is -0.348. The van der Waals surface area contributed by atoms with Gasteiger partial charge in [-0.2, -0.15) is 0 Å². The predicted molar refractivity (Wildman–Crippen MR) is 142 cm³/mol. The van der Waals surface area contributed by atoms with Crippen LogP contribution in [0.4, 0.5) is 0 Å². The number of carbonyl (C=O) groups is 1. The third kappa shape index (κ3) is 5.81. The molecule has 0 bridgehead atoms. The number of aliphatic hydroxyl groups excluding tert-OH is 6. The van der Waals surface area contributed by atoms with Gasteiger partial charge in [0.05, 0.1) is 6.61 Å². The molecule has 45 heavy (non-hydrogen) atoms. The largest absolute Gasteiger partial charge is 0.508 e. The third-order valence-electron chi connectivity index (χ3n) is 7.32. The zero-order valence-electron chi connectivity index (χ0n) is 22.6. The van der Waals surface area contributed by atoms with Crippen LogP contribution in [0.5, 0.6) is 28.7 Å². The lowest BCUT2D eigenvalue weighted by atomic mass is 9.96. The predicted octanol–water partition coefficient (Wildman–Crippen LogP) is -2.62. The van der Waals surface area contributed by atoms with E-state index >= 15 is 0 Å². The zero-order valence-corrected chi connectivity index (χ0v) is 22.6. The monoisotopic (exact) mass is 640 g/mol. The second-order valence-corrected chi connectivity index (χ2v) is 10.3. The Labute approximate surface area is 250 Å². The SMILES string of the molecule is O=C(O)[C@H]1O[C@@H](Oc2c(-c3ccc(O)c(O)c3)oc3cc(O)cc(O)c3c2=O)[C@H](O)[C@@H](O)[C@@H]1O[C@@H]1O[C@H](CO)[C@@H](O)[C@H](O)[C@H]1O. The van der Waals surface area contributed by atoms with Gasteiger partial charge in [0.25, 0.3) is 0 Å². The molecule has 2 fully saturated rings. The van der Waals surface area contributed by atoms with Crippen LogP contribution < -0.4 is 10.2 Å². The van der Waals surface area contributed by atoms with E-state index in [1.165, 1.54) is 6.07 Å². The number of phenolic OH excluding ortho intramolecular Hbond substituents is 4. The number of aromatic hydroxyl groups is 4. The molecule has 0 saturated carbocycles. The number of benzene rings is 2. The van der Waals surface area contributed by atoms with Crippen molar-refractivity contribution in [2.75, 3.05) is 6.61 Å². The Morgan fingerprint density at radius 1 is 0.800 bits per heavy atom. The summed E-state index contributed by atoms with van der Waals surface area (Å²) >= 11 is 0. The highest BCUT2D eigenvalue weighted by molar-refractivity contribution is 5.88. The average molecular weight is 641 g/mol. The summed E-state index contributed by atoms with van der Waals surface area (Å²) in [5.74, 6) is -5.61. The molecule has 0 unspecified atom stereocenters. The van der Waals surface area contributed by atoms with Crippen molar-refractivity contribution in [3.05, 3.63) is 40.6 Å². The van der Waals surface area contributed by atoms with E-state index in [1.807, 2.05) is 0 Å². The van der Waals surface area contributed by atoms with Crippen LogP contribution in [0.2, 0.25) is 0 Å². The van der Waals surface area contributed by atoms with Gasteiger partial charge in [-0.05, 0) is 18.2 Å². The number of hydrogen-bond acceptors (Lipinski definition) is 17. The Balaban J connectivity index is 1.52. The minimum atomic E-state index is -2.21. The Morgan fingerprint density at radius 2 is 1.49 bits per heavy atom. The van der Waals surface area contributed by atoms with Gasteiger partial charge in [0, 0.05) is 17.7 Å². The first-order chi connectivity index (χ1) is 21.2. The normalized spacial score (nSPS) is 32.0. The van der Waals surface area contributed by atoms with E-state index in [0.717, 1.165) is 24.3 Å². The maximum Gasteiger partial charge on any atom is 0.335 e. The van der Waals surface area contributed by atoms with Gasteiger partial charge in [0.15, 0.2) is 29.7 Å². The smallest absolute Gasteiger partial charge is 0.335 e. The fourth-order valence-corrected chi connectivity index (χ4v) is 4.97. The fourth-order valence-electron chi connectivity index (χ4n) is 4.97. The summed E-state index contributed by atoms with van der Waals surface area (Å²) in [5, 5.41) is 111. The molecule has 2 aromatic carbocycles. The second-order valence-electron chi connectivity index (χ2n) is 10.3. The molecule has 5 rings (SSSR count). The molecule has 18 nitrogen and oxygen atoms in total. The topological polar surface area (TPSA) is 307 Å². The number of hydrogen-bond donors (Lipinski definition) is 11. The van der Waals surface area contributed by atoms with Crippen LogP contribution in [0.1, 0.15) is 0 Å². The Bertz CT molecular complexity index is 1640. The van der Waals surface area contributed by atoms with E-state index in [2.05, 4.69) is 0 Å². The lowest BCUT2D eigenvalue weighted by Gasteiger charge is -2.45. The Morgan fingerprint density at radius 3 is 2.13 bits per heavy atom. The molecule has 10 atom stereocenters. The maximum absolute atomic E-state index is 13.6. The van der Waals surface area contributed by atoms with Crippen LogP contribution in [0.3, 0.4) is 0 Å². The van der Waals surface area contributed by atoms with Gasteiger partial charge in [-0.25, -0.2) is 4.79 Å². The van der Waals surface area contributed by atoms with Gasteiger partial charge in [-0.3, -0.25) is 4.79 Å². The number of aliphatic hydroxyl groups is 6. The van der Waals surface area contributed by atoms with E-state index in [0.29, 0.717) is 0 Å². The van der Waals surface area contributed by atoms with E-state index in [9.17, 15) is 65.8 Å². The number of ether oxygens (including phenoxy) is 4. The number of phenols is 4.